The average Bonchev–Trinajstić information content (AvgIpc) is 3.35. The van der Waals surface area contributed by atoms with Crippen molar-refractivity contribution < 1.29 is 4.39 Å². The lowest BCUT2D eigenvalue weighted by molar-refractivity contribution is 0.244. The van der Waals surface area contributed by atoms with E-state index in [0.717, 1.165) is 31.9 Å². The van der Waals surface area contributed by atoms with E-state index in [1.165, 1.54) is 6.07 Å². The molecule has 176 valence electrons. The Hall–Kier alpha value is -3.66. The summed E-state index contributed by atoms with van der Waals surface area (Å²) < 4.78 is 14.8. The van der Waals surface area contributed by atoms with Crippen LogP contribution in [-0.2, 0) is 13.0 Å². The highest BCUT2D eigenvalue weighted by Crippen LogP contribution is 2.33. The van der Waals surface area contributed by atoms with E-state index in [0.29, 0.717) is 52.6 Å². The van der Waals surface area contributed by atoms with E-state index in [1.807, 2.05) is 24.3 Å². The number of hydrogen-bond donors (Lipinski definition) is 2. The first kappa shape index (κ1) is 22.1. The standard InChI is InChI=1S/C24H27FN8O/c1-15(2)11-16-12-21(18(13-19(16)25)23-28-30-31-29-23)33-9-7-32(8-10-33)14-22-26-20-6-4-3-5-17(20)24(34)27-22/h3-6,12-13,15H,7-11,14H2,1-2H3,(H,26,27,34)(H,28,29,30,31). The number of tetrazole rings is 1. The molecule has 2 N–H and O–H groups in total. The van der Waals surface area contributed by atoms with Gasteiger partial charge in [-0.1, -0.05) is 26.0 Å². The van der Waals surface area contributed by atoms with Gasteiger partial charge < -0.3 is 9.88 Å². The Kier molecular flexibility index (Phi) is 6.06. The van der Waals surface area contributed by atoms with Gasteiger partial charge in [0.2, 0.25) is 5.82 Å². The molecule has 1 saturated heterocycles. The number of halogens is 1. The summed E-state index contributed by atoms with van der Waals surface area (Å²) in [6, 6.07) is 10.8. The van der Waals surface area contributed by atoms with E-state index in [1.54, 1.807) is 6.07 Å². The van der Waals surface area contributed by atoms with Gasteiger partial charge in [0, 0.05) is 37.4 Å². The first-order valence-corrected chi connectivity index (χ1v) is 11.5. The smallest absolute Gasteiger partial charge is 0.258 e. The minimum absolute atomic E-state index is 0.118. The Balaban J connectivity index is 1.35. The summed E-state index contributed by atoms with van der Waals surface area (Å²) in [6.07, 6.45) is 0.659. The van der Waals surface area contributed by atoms with Gasteiger partial charge in [-0.3, -0.25) is 9.69 Å². The van der Waals surface area contributed by atoms with Crippen LogP contribution in [0.1, 0.15) is 25.2 Å². The Labute approximate surface area is 196 Å². The zero-order valence-corrected chi connectivity index (χ0v) is 19.3. The second-order valence-corrected chi connectivity index (χ2v) is 9.09. The first-order chi connectivity index (χ1) is 16.5. The normalized spacial score (nSPS) is 14.9. The summed E-state index contributed by atoms with van der Waals surface area (Å²) in [6.45, 7) is 7.77. The maximum atomic E-state index is 14.8. The number of para-hydroxylation sites is 1. The third kappa shape index (κ3) is 4.54. The minimum atomic E-state index is -0.248. The molecule has 5 rings (SSSR count). The predicted octanol–water partition coefficient (Wildman–Crippen LogP) is 2.76. The number of fused-ring (bicyclic) bond motifs is 1. The van der Waals surface area contributed by atoms with Crippen molar-refractivity contribution in [3.8, 4) is 11.4 Å². The molecule has 2 aromatic heterocycles. The van der Waals surface area contributed by atoms with Gasteiger partial charge in [0.05, 0.1) is 17.4 Å². The Morgan fingerprint density at radius 1 is 1.12 bits per heavy atom. The molecule has 3 heterocycles. The van der Waals surface area contributed by atoms with Crippen LogP contribution in [0.4, 0.5) is 10.1 Å². The number of anilines is 1. The maximum Gasteiger partial charge on any atom is 0.258 e. The van der Waals surface area contributed by atoms with Gasteiger partial charge in [-0.2, -0.15) is 5.21 Å². The first-order valence-electron chi connectivity index (χ1n) is 11.5. The van der Waals surface area contributed by atoms with Crippen LogP contribution in [0.25, 0.3) is 22.3 Å². The van der Waals surface area contributed by atoms with Crippen LogP contribution in [0.3, 0.4) is 0 Å². The molecule has 1 aliphatic rings. The fourth-order valence-corrected chi connectivity index (χ4v) is 4.49. The molecule has 1 fully saturated rings. The van der Waals surface area contributed by atoms with Gasteiger partial charge in [-0.15, -0.1) is 10.2 Å². The summed E-state index contributed by atoms with van der Waals surface area (Å²) in [5.41, 5.74) is 2.82. The van der Waals surface area contributed by atoms with Crippen molar-refractivity contribution in [2.75, 3.05) is 31.1 Å². The van der Waals surface area contributed by atoms with E-state index in [-0.39, 0.29) is 11.4 Å². The van der Waals surface area contributed by atoms with Crippen LogP contribution in [0.5, 0.6) is 0 Å². The molecule has 10 heteroatoms. The lowest BCUT2D eigenvalue weighted by Crippen LogP contribution is -2.46. The van der Waals surface area contributed by atoms with Crippen LogP contribution >= 0.6 is 0 Å². The quantitative estimate of drug-likeness (QED) is 0.454. The summed E-state index contributed by atoms with van der Waals surface area (Å²) in [4.78, 5) is 24.4. The molecule has 1 aliphatic heterocycles. The highest BCUT2D eigenvalue weighted by Gasteiger charge is 2.24. The zero-order chi connectivity index (χ0) is 23.7. The number of benzene rings is 2. The topological polar surface area (TPSA) is 107 Å². The van der Waals surface area contributed by atoms with E-state index in [2.05, 4.69) is 54.2 Å². The van der Waals surface area contributed by atoms with E-state index < -0.39 is 0 Å². The second kappa shape index (κ2) is 9.30. The third-order valence-electron chi connectivity index (χ3n) is 6.13. The monoisotopic (exact) mass is 462 g/mol. The molecule has 9 nitrogen and oxygen atoms in total. The van der Waals surface area contributed by atoms with Crippen LogP contribution in [0, 0.1) is 11.7 Å². The number of piperazine rings is 1. The van der Waals surface area contributed by atoms with Gasteiger partial charge in [0.1, 0.15) is 11.6 Å². The number of aromatic amines is 2. The summed E-state index contributed by atoms with van der Waals surface area (Å²) in [5, 5.41) is 14.9. The summed E-state index contributed by atoms with van der Waals surface area (Å²) in [7, 11) is 0. The molecule has 4 aromatic rings. The molecule has 34 heavy (non-hydrogen) atoms. The van der Waals surface area contributed by atoms with Crippen molar-refractivity contribution in [3.05, 3.63) is 64.0 Å². The second-order valence-electron chi connectivity index (χ2n) is 9.09. The van der Waals surface area contributed by atoms with Crippen molar-refractivity contribution >= 4 is 16.6 Å². The SMILES string of the molecule is CC(C)Cc1cc(N2CCN(Cc3nc4ccccc4c(=O)[nH]3)CC2)c(-c2nn[nH]n2)cc1F. The van der Waals surface area contributed by atoms with Crippen molar-refractivity contribution in [2.45, 2.75) is 26.8 Å². The molecule has 0 aliphatic carbocycles. The summed E-state index contributed by atoms with van der Waals surface area (Å²) >= 11 is 0. The zero-order valence-electron chi connectivity index (χ0n) is 19.3. The van der Waals surface area contributed by atoms with Crippen molar-refractivity contribution in [3.63, 3.8) is 0 Å². The molecule has 0 saturated carbocycles. The van der Waals surface area contributed by atoms with Gasteiger partial charge >= 0.3 is 0 Å². The van der Waals surface area contributed by atoms with E-state index >= 15 is 0 Å². The van der Waals surface area contributed by atoms with E-state index in [9.17, 15) is 9.18 Å². The van der Waals surface area contributed by atoms with Gasteiger partial charge in [-0.05, 0) is 47.4 Å². The van der Waals surface area contributed by atoms with E-state index in [4.69, 9.17) is 0 Å². The fraction of sp³-hybridized carbons (Fsp3) is 0.375. The highest BCUT2D eigenvalue weighted by molar-refractivity contribution is 5.77. The van der Waals surface area contributed by atoms with Crippen LogP contribution < -0.4 is 10.5 Å². The van der Waals surface area contributed by atoms with Gasteiger partial charge in [-0.25, -0.2) is 9.37 Å². The number of nitrogens with zero attached hydrogens (tertiary/aromatic N) is 6. The minimum Gasteiger partial charge on any atom is -0.368 e. The Bertz CT molecular complexity index is 1340. The molecular weight excluding hydrogens is 435 g/mol. The molecule has 0 bridgehead atoms. The van der Waals surface area contributed by atoms with Gasteiger partial charge in [0.25, 0.3) is 5.56 Å². The van der Waals surface area contributed by atoms with Crippen molar-refractivity contribution in [1.82, 2.24) is 35.5 Å². The third-order valence-corrected chi connectivity index (χ3v) is 6.13. The van der Waals surface area contributed by atoms with Crippen LogP contribution in [-0.4, -0.2) is 61.7 Å². The molecule has 0 unspecified atom stereocenters. The summed E-state index contributed by atoms with van der Waals surface area (Å²) in [5.74, 6) is 1.13. The Morgan fingerprint density at radius 3 is 2.65 bits per heavy atom. The van der Waals surface area contributed by atoms with Gasteiger partial charge in [0.15, 0.2) is 0 Å². The molecule has 0 atom stereocenters. The lowest BCUT2D eigenvalue weighted by Gasteiger charge is -2.36. The molecule has 0 spiro atoms. The van der Waals surface area contributed by atoms with Crippen LogP contribution in [0.2, 0.25) is 0 Å². The average molecular weight is 463 g/mol. The number of nitrogens with one attached hydrogen (secondary N) is 2. The lowest BCUT2D eigenvalue weighted by atomic mass is 9.98. The number of hydrogen-bond acceptors (Lipinski definition) is 7. The molecule has 0 radical (unpaired) electrons. The molecule has 0 amide bonds. The number of aromatic nitrogens is 6. The van der Waals surface area contributed by atoms with Crippen molar-refractivity contribution in [2.24, 2.45) is 5.92 Å². The van der Waals surface area contributed by atoms with Crippen LogP contribution in [0.15, 0.2) is 41.2 Å². The Morgan fingerprint density at radius 2 is 1.91 bits per heavy atom. The predicted molar refractivity (Wildman–Crippen MR) is 128 cm³/mol. The number of H-pyrrole nitrogens is 2. The molecular formula is C24H27FN8O. The fourth-order valence-electron chi connectivity index (χ4n) is 4.49. The maximum absolute atomic E-state index is 14.8. The number of rotatable bonds is 6. The highest BCUT2D eigenvalue weighted by atomic mass is 19.1. The van der Waals surface area contributed by atoms with Crippen molar-refractivity contribution in [1.29, 1.82) is 0 Å². The largest absolute Gasteiger partial charge is 0.368 e. The molecule has 2 aromatic carbocycles.